The molecule has 0 aromatic heterocycles. The third-order valence-electron chi connectivity index (χ3n) is 6.09. The molecule has 3 heterocycles. The van der Waals surface area contributed by atoms with Crippen LogP contribution >= 0.6 is 0 Å². The van der Waals surface area contributed by atoms with Gasteiger partial charge in [0.05, 0.1) is 19.8 Å². The zero-order chi connectivity index (χ0) is 25.3. The molecule has 3 fully saturated rings. The molecule has 0 saturated carbocycles. The van der Waals surface area contributed by atoms with E-state index in [2.05, 4.69) is 0 Å². The fraction of sp³-hybridized carbons (Fsp3) is 1.00. The molecule has 0 bridgehead atoms. The van der Waals surface area contributed by atoms with Crippen molar-refractivity contribution in [2.24, 2.45) is 0 Å². The van der Waals surface area contributed by atoms with Gasteiger partial charge in [0, 0.05) is 0 Å². The molecule has 200 valence electrons. The van der Waals surface area contributed by atoms with E-state index in [4.69, 9.17) is 23.7 Å². The Morgan fingerprint density at radius 3 is 1.50 bits per heavy atom. The SMILES string of the molecule is OC[C@H]1O[C@H](O[C@@H]2[C@H](O)[C@H](O[C@H]3[C@H](O)[C@H](O)[C@H](O)O[C@@H]3CO)O[C@H](CO)[C@H]2O)[C@@H](O)[C@@H](O)[C@@H]1O. The Bertz CT molecular complexity index is 637. The molecule has 0 spiro atoms. The third kappa shape index (κ3) is 5.37. The van der Waals surface area contributed by atoms with Gasteiger partial charge >= 0.3 is 0 Å². The van der Waals surface area contributed by atoms with E-state index in [-0.39, 0.29) is 0 Å². The quantitative estimate of drug-likeness (QED) is 0.154. The number of aliphatic hydroxyl groups excluding tert-OH is 11. The maximum absolute atomic E-state index is 10.8. The zero-order valence-corrected chi connectivity index (χ0v) is 17.7. The van der Waals surface area contributed by atoms with E-state index in [9.17, 15) is 56.2 Å². The molecule has 11 N–H and O–H groups in total. The van der Waals surface area contributed by atoms with Crippen LogP contribution < -0.4 is 0 Å². The van der Waals surface area contributed by atoms with E-state index in [0.717, 1.165) is 0 Å². The second-order valence-corrected chi connectivity index (χ2v) is 8.33. The summed E-state index contributed by atoms with van der Waals surface area (Å²) in [6.07, 6.45) is -25.4. The van der Waals surface area contributed by atoms with Crippen LogP contribution in [0.5, 0.6) is 0 Å². The van der Waals surface area contributed by atoms with E-state index in [1.54, 1.807) is 0 Å². The van der Waals surface area contributed by atoms with Gasteiger partial charge in [-0.3, -0.25) is 0 Å². The molecule has 3 aliphatic heterocycles. The molecule has 16 nitrogen and oxygen atoms in total. The lowest BCUT2D eigenvalue weighted by atomic mass is 9.96. The van der Waals surface area contributed by atoms with Crippen LogP contribution in [0.1, 0.15) is 0 Å². The lowest BCUT2D eigenvalue weighted by molar-refractivity contribution is -0.378. The maximum Gasteiger partial charge on any atom is 0.187 e. The van der Waals surface area contributed by atoms with Crippen molar-refractivity contribution in [3.63, 3.8) is 0 Å². The molecule has 0 unspecified atom stereocenters. The topological polar surface area (TPSA) is 269 Å². The minimum absolute atomic E-state index is 0.759. The van der Waals surface area contributed by atoms with Crippen LogP contribution in [0.3, 0.4) is 0 Å². The molecular weight excluding hydrogens is 472 g/mol. The third-order valence-corrected chi connectivity index (χ3v) is 6.09. The summed E-state index contributed by atoms with van der Waals surface area (Å²) in [4.78, 5) is 0. The lowest BCUT2D eigenvalue weighted by Gasteiger charge is -2.47. The summed E-state index contributed by atoms with van der Waals surface area (Å²) in [6, 6.07) is 0. The molecule has 0 aromatic carbocycles. The lowest BCUT2D eigenvalue weighted by Crippen LogP contribution is -2.66. The van der Waals surface area contributed by atoms with Crippen LogP contribution in [0.15, 0.2) is 0 Å². The molecule has 3 rings (SSSR count). The molecule has 0 amide bonds. The van der Waals surface area contributed by atoms with E-state index < -0.39 is 112 Å². The van der Waals surface area contributed by atoms with Crippen molar-refractivity contribution in [2.75, 3.05) is 19.8 Å². The van der Waals surface area contributed by atoms with Crippen molar-refractivity contribution in [1.82, 2.24) is 0 Å². The predicted octanol–water partition coefficient (Wildman–Crippen LogP) is -7.57. The highest BCUT2D eigenvalue weighted by atomic mass is 16.7. The van der Waals surface area contributed by atoms with Gasteiger partial charge < -0.3 is 79.9 Å². The van der Waals surface area contributed by atoms with E-state index >= 15 is 0 Å². The molecule has 34 heavy (non-hydrogen) atoms. The van der Waals surface area contributed by atoms with Crippen molar-refractivity contribution in [1.29, 1.82) is 0 Å². The Morgan fingerprint density at radius 1 is 0.441 bits per heavy atom. The molecule has 0 radical (unpaired) electrons. The minimum Gasteiger partial charge on any atom is -0.394 e. The fourth-order valence-corrected chi connectivity index (χ4v) is 4.05. The first-order valence-corrected chi connectivity index (χ1v) is 10.6. The van der Waals surface area contributed by atoms with Gasteiger partial charge in [0.1, 0.15) is 73.2 Å². The minimum atomic E-state index is -1.90. The van der Waals surface area contributed by atoms with Crippen molar-refractivity contribution < 1.29 is 79.9 Å². The second kappa shape index (κ2) is 11.6. The van der Waals surface area contributed by atoms with Crippen LogP contribution in [0.25, 0.3) is 0 Å². The van der Waals surface area contributed by atoms with Gasteiger partial charge in [0.25, 0.3) is 0 Å². The summed E-state index contributed by atoms with van der Waals surface area (Å²) in [5, 5.41) is 109. The van der Waals surface area contributed by atoms with Crippen molar-refractivity contribution >= 4 is 0 Å². The van der Waals surface area contributed by atoms with E-state index in [0.29, 0.717) is 0 Å². The molecule has 16 heteroatoms. The highest BCUT2D eigenvalue weighted by Crippen LogP contribution is 2.32. The summed E-state index contributed by atoms with van der Waals surface area (Å²) in [5.74, 6) is 0. The first-order chi connectivity index (χ1) is 16.0. The molecule has 3 aliphatic rings. The van der Waals surface area contributed by atoms with Crippen LogP contribution in [-0.4, -0.2) is 168 Å². The van der Waals surface area contributed by atoms with Crippen LogP contribution in [-0.2, 0) is 23.7 Å². The van der Waals surface area contributed by atoms with Gasteiger partial charge in [-0.05, 0) is 0 Å². The number of rotatable bonds is 7. The molecular formula is C18H32O16. The Kier molecular flexibility index (Phi) is 9.54. The number of hydrogen-bond donors (Lipinski definition) is 11. The monoisotopic (exact) mass is 504 g/mol. The van der Waals surface area contributed by atoms with Gasteiger partial charge in [-0.2, -0.15) is 0 Å². The predicted molar refractivity (Wildman–Crippen MR) is 101 cm³/mol. The smallest absolute Gasteiger partial charge is 0.187 e. The molecule has 0 aromatic rings. The van der Waals surface area contributed by atoms with Gasteiger partial charge in [0.15, 0.2) is 18.9 Å². The van der Waals surface area contributed by atoms with Crippen LogP contribution in [0, 0.1) is 0 Å². The average molecular weight is 504 g/mol. The van der Waals surface area contributed by atoms with Gasteiger partial charge in [-0.15, -0.1) is 0 Å². The van der Waals surface area contributed by atoms with Gasteiger partial charge in [-0.25, -0.2) is 0 Å². The average Bonchev–Trinajstić information content (AvgIpc) is 2.83. The summed E-state index contributed by atoms with van der Waals surface area (Å²) >= 11 is 0. The standard InChI is InChI=1S/C18H32O16/c19-1-4-7(22)9(24)12(27)17(31-4)34-15-8(23)5(2-20)32-18(13(15)28)33-14-6(3-21)30-16(29)11(26)10(14)25/h4-29H,1-3H2/t4-,5-,6-,7-,8-,9+,10-,11+,12+,13+,14-,15+,16-,17-,18+/m1/s1. The van der Waals surface area contributed by atoms with Crippen molar-refractivity contribution in [3.05, 3.63) is 0 Å². The Hall–Kier alpha value is -0.640. The Labute approximate surface area is 192 Å². The first kappa shape index (κ1) is 27.9. The van der Waals surface area contributed by atoms with Gasteiger partial charge in [-0.1, -0.05) is 0 Å². The Balaban J connectivity index is 1.78. The van der Waals surface area contributed by atoms with Crippen molar-refractivity contribution in [3.8, 4) is 0 Å². The molecule has 3 saturated heterocycles. The second-order valence-electron chi connectivity index (χ2n) is 8.33. The highest BCUT2D eigenvalue weighted by Gasteiger charge is 2.53. The van der Waals surface area contributed by atoms with Crippen LogP contribution in [0.4, 0.5) is 0 Å². The largest absolute Gasteiger partial charge is 0.394 e. The molecule has 15 atom stereocenters. The summed E-state index contributed by atoms with van der Waals surface area (Å²) in [7, 11) is 0. The normalized spacial score (nSPS) is 52.5. The van der Waals surface area contributed by atoms with Crippen LogP contribution in [0.2, 0.25) is 0 Å². The zero-order valence-electron chi connectivity index (χ0n) is 17.7. The maximum atomic E-state index is 10.8. The highest BCUT2D eigenvalue weighted by molar-refractivity contribution is 4.96. The number of hydrogen-bond acceptors (Lipinski definition) is 16. The van der Waals surface area contributed by atoms with E-state index in [1.165, 1.54) is 0 Å². The van der Waals surface area contributed by atoms with Gasteiger partial charge in [0.2, 0.25) is 0 Å². The summed E-state index contributed by atoms with van der Waals surface area (Å²) in [5.41, 5.74) is 0. The first-order valence-electron chi connectivity index (χ1n) is 10.6. The van der Waals surface area contributed by atoms with Crippen molar-refractivity contribution in [2.45, 2.75) is 92.1 Å². The van der Waals surface area contributed by atoms with E-state index in [1.807, 2.05) is 0 Å². The number of ether oxygens (including phenoxy) is 5. The summed E-state index contributed by atoms with van der Waals surface area (Å²) in [6.45, 7) is -2.34. The fourth-order valence-electron chi connectivity index (χ4n) is 4.05. The number of aliphatic hydroxyl groups is 11. The Morgan fingerprint density at radius 2 is 0.941 bits per heavy atom. The molecule has 0 aliphatic carbocycles. The summed E-state index contributed by atoms with van der Waals surface area (Å²) < 4.78 is 26.4.